The zero-order chi connectivity index (χ0) is 15.5. The van der Waals surface area contributed by atoms with Crippen molar-refractivity contribution in [2.45, 2.75) is 70.8 Å². The molecule has 1 aliphatic carbocycles. The van der Waals surface area contributed by atoms with E-state index in [-0.39, 0.29) is 16.1 Å². The molecule has 2 N–H and O–H groups in total. The van der Waals surface area contributed by atoms with Gasteiger partial charge in [-0.1, -0.05) is 32.1 Å². The molecule has 0 aliphatic heterocycles. The van der Waals surface area contributed by atoms with E-state index in [9.17, 15) is 10.1 Å². The zero-order valence-electron chi connectivity index (χ0n) is 13.0. The van der Waals surface area contributed by atoms with Crippen LogP contribution in [-0.2, 0) is 6.42 Å². The molecule has 0 unspecified atom stereocenters. The Balaban J connectivity index is 2.25. The molecule has 0 saturated heterocycles. The number of hydrogen-bond donors (Lipinski definition) is 1. The molecule has 1 aromatic heterocycles. The molecule has 0 radical (unpaired) electrons. The molecule has 116 valence electrons. The van der Waals surface area contributed by atoms with Gasteiger partial charge in [-0.25, -0.2) is 0 Å². The molecule has 1 aliphatic rings. The second-order valence-electron chi connectivity index (χ2n) is 6.43. The van der Waals surface area contributed by atoms with E-state index in [1.807, 2.05) is 0 Å². The summed E-state index contributed by atoms with van der Waals surface area (Å²) in [5.74, 6) is 0. The third kappa shape index (κ3) is 3.79. The minimum Gasteiger partial charge on any atom is -0.325 e. The monoisotopic (exact) mass is 291 g/mol. The van der Waals surface area contributed by atoms with Gasteiger partial charge < -0.3 is 5.73 Å². The summed E-state index contributed by atoms with van der Waals surface area (Å²) < 4.78 is 0. The Morgan fingerprint density at radius 2 is 1.81 bits per heavy atom. The lowest BCUT2D eigenvalue weighted by atomic mass is 9.80. The van der Waals surface area contributed by atoms with E-state index in [2.05, 4.69) is 4.98 Å². The highest BCUT2D eigenvalue weighted by Gasteiger charge is 2.29. The second kappa shape index (κ2) is 6.52. The van der Waals surface area contributed by atoms with Crippen molar-refractivity contribution in [3.63, 3.8) is 0 Å². The van der Waals surface area contributed by atoms with Crippen LogP contribution in [0.5, 0.6) is 0 Å². The van der Waals surface area contributed by atoms with Gasteiger partial charge in [-0.05, 0) is 26.7 Å². The first-order valence-electron chi connectivity index (χ1n) is 7.81. The average molecular weight is 291 g/mol. The number of rotatable bonds is 3. The van der Waals surface area contributed by atoms with Crippen molar-refractivity contribution in [1.82, 2.24) is 4.98 Å². The quantitative estimate of drug-likeness (QED) is 0.681. The summed E-state index contributed by atoms with van der Waals surface area (Å²) in [7, 11) is 0. The van der Waals surface area contributed by atoms with Crippen LogP contribution in [0.1, 0.15) is 61.8 Å². The summed E-state index contributed by atoms with van der Waals surface area (Å²) >= 11 is 0. The van der Waals surface area contributed by atoms with Crippen LogP contribution in [0.3, 0.4) is 0 Å². The number of hydrogen-bond acceptors (Lipinski definition) is 4. The molecule has 1 heterocycles. The van der Waals surface area contributed by atoms with Crippen molar-refractivity contribution in [2.75, 3.05) is 0 Å². The van der Waals surface area contributed by atoms with Crippen LogP contribution in [0.15, 0.2) is 6.20 Å². The average Bonchev–Trinajstić information content (AvgIpc) is 2.38. The molecule has 5 nitrogen and oxygen atoms in total. The maximum Gasteiger partial charge on any atom is 0.278 e. The first kappa shape index (κ1) is 15.9. The predicted molar refractivity (Wildman–Crippen MR) is 83.3 cm³/mol. The lowest BCUT2D eigenvalue weighted by Crippen LogP contribution is -2.43. The van der Waals surface area contributed by atoms with Crippen molar-refractivity contribution in [3.8, 4) is 0 Å². The Bertz CT molecular complexity index is 520. The summed E-state index contributed by atoms with van der Waals surface area (Å²) in [5.41, 5.74) is 8.59. The third-order valence-corrected chi connectivity index (χ3v) is 4.63. The first-order chi connectivity index (χ1) is 9.93. The molecule has 1 fully saturated rings. The molecule has 0 bridgehead atoms. The number of nitrogens with zero attached hydrogens (tertiary/aromatic N) is 2. The number of nitro groups is 1. The van der Waals surface area contributed by atoms with Gasteiger partial charge in [0.15, 0.2) is 0 Å². The van der Waals surface area contributed by atoms with Gasteiger partial charge in [0.1, 0.15) is 0 Å². The molecule has 0 atom stereocenters. The fraction of sp³-hybridized carbons (Fsp3) is 0.688. The van der Waals surface area contributed by atoms with E-state index >= 15 is 0 Å². The Labute approximate surface area is 126 Å². The van der Waals surface area contributed by atoms with E-state index in [0.29, 0.717) is 17.5 Å². The maximum atomic E-state index is 11.2. The maximum absolute atomic E-state index is 11.2. The SMILES string of the molecule is Cc1cnc(CC2(N)CCCCCCC2)c(C)c1[N+](=O)[O-]. The molecule has 1 saturated carbocycles. The minimum absolute atomic E-state index is 0.189. The van der Waals surface area contributed by atoms with Crippen LogP contribution < -0.4 is 5.73 Å². The summed E-state index contributed by atoms with van der Waals surface area (Å²) in [6.07, 6.45) is 10.3. The number of aryl methyl sites for hydroxylation is 1. The summed E-state index contributed by atoms with van der Waals surface area (Å²) in [5, 5.41) is 11.2. The number of aromatic nitrogens is 1. The van der Waals surface area contributed by atoms with Gasteiger partial charge in [-0.2, -0.15) is 0 Å². The number of nitrogens with two attached hydrogens (primary N) is 1. The van der Waals surface area contributed by atoms with E-state index in [1.165, 1.54) is 19.3 Å². The minimum atomic E-state index is -0.308. The Kier molecular flexibility index (Phi) is 4.93. The van der Waals surface area contributed by atoms with Crippen molar-refractivity contribution >= 4 is 5.69 Å². The van der Waals surface area contributed by atoms with Crippen molar-refractivity contribution in [1.29, 1.82) is 0 Å². The van der Waals surface area contributed by atoms with Gasteiger partial charge >= 0.3 is 0 Å². The lowest BCUT2D eigenvalue weighted by Gasteiger charge is -2.31. The summed E-state index contributed by atoms with van der Waals surface area (Å²) in [4.78, 5) is 15.3. The molecule has 5 heteroatoms. The Morgan fingerprint density at radius 1 is 1.24 bits per heavy atom. The molecular formula is C16H25N3O2. The van der Waals surface area contributed by atoms with Crippen LogP contribution in [0.4, 0.5) is 5.69 Å². The van der Waals surface area contributed by atoms with Crippen LogP contribution in [0, 0.1) is 24.0 Å². The topological polar surface area (TPSA) is 82.0 Å². The lowest BCUT2D eigenvalue weighted by molar-refractivity contribution is -0.386. The molecule has 2 rings (SSSR count). The highest BCUT2D eigenvalue weighted by Crippen LogP contribution is 2.31. The van der Waals surface area contributed by atoms with Crippen LogP contribution in [0.25, 0.3) is 0 Å². The largest absolute Gasteiger partial charge is 0.325 e. The summed E-state index contributed by atoms with van der Waals surface area (Å²) in [6, 6.07) is 0. The van der Waals surface area contributed by atoms with E-state index in [0.717, 1.165) is 31.4 Å². The highest BCUT2D eigenvalue weighted by molar-refractivity contribution is 5.47. The normalized spacial score (nSPS) is 18.8. The predicted octanol–water partition coefficient (Wildman–Crippen LogP) is 3.59. The Hall–Kier alpha value is -1.49. The number of pyridine rings is 1. The van der Waals surface area contributed by atoms with E-state index in [1.54, 1.807) is 20.0 Å². The molecule has 21 heavy (non-hydrogen) atoms. The fourth-order valence-electron chi connectivity index (χ4n) is 3.34. The van der Waals surface area contributed by atoms with Crippen molar-refractivity contribution in [2.24, 2.45) is 5.73 Å². The van der Waals surface area contributed by atoms with Crippen LogP contribution in [-0.4, -0.2) is 15.4 Å². The fourth-order valence-corrected chi connectivity index (χ4v) is 3.34. The van der Waals surface area contributed by atoms with E-state index < -0.39 is 0 Å². The molecule has 0 amide bonds. The zero-order valence-corrected chi connectivity index (χ0v) is 13.0. The molecule has 0 aromatic carbocycles. The third-order valence-electron chi connectivity index (χ3n) is 4.63. The standard InChI is InChI=1S/C16H25N3O2/c1-12-11-18-14(13(2)15(12)19(20)21)10-16(17)8-6-4-3-5-7-9-16/h11H,3-10,17H2,1-2H3. The first-order valence-corrected chi connectivity index (χ1v) is 7.81. The van der Waals surface area contributed by atoms with Gasteiger partial charge in [0.05, 0.1) is 10.6 Å². The molecule has 1 aromatic rings. The smallest absolute Gasteiger partial charge is 0.278 e. The molecule has 0 spiro atoms. The van der Waals surface area contributed by atoms with Crippen molar-refractivity contribution in [3.05, 3.63) is 33.1 Å². The van der Waals surface area contributed by atoms with E-state index in [4.69, 9.17) is 5.73 Å². The van der Waals surface area contributed by atoms with Gasteiger partial charge in [0.25, 0.3) is 5.69 Å². The molecular weight excluding hydrogens is 266 g/mol. The summed E-state index contributed by atoms with van der Waals surface area (Å²) in [6.45, 7) is 3.52. The van der Waals surface area contributed by atoms with Crippen molar-refractivity contribution < 1.29 is 4.92 Å². The van der Waals surface area contributed by atoms with Crippen LogP contribution >= 0.6 is 0 Å². The van der Waals surface area contributed by atoms with Gasteiger partial charge in [-0.3, -0.25) is 15.1 Å². The van der Waals surface area contributed by atoms with Gasteiger partial charge in [0.2, 0.25) is 0 Å². The highest BCUT2D eigenvalue weighted by atomic mass is 16.6. The Morgan fingerprint density at radius 3 is 2.38 bits per heavy atom. The van der Waals surface area contributed by atoms with Gasteiger partial charge in [-0.15, -0.1) is 0 Å². The second-order valence-corrected chi connectivity index (χ2v) is 6.43. The van der Waals surface area contributed by atoms with Gasteiger partial charge in [0, 0.05) is 29.3 Å². The van der Waals surface area contributed by atoms with Crippen LogP contribution in [0.2, 0.25) is 0 Å².